The summed E-state index contributed by atoms with van der Waals surface area (Å²) in [5.74, 6) is 0.685. The number of thiazole rings is 1. The highest BCUT2D eigenvalue weighted by molar-refractivity contribution is 9.10. The number of benzene rings is 1. The van der Waals surface area contributed by atoms with Crippen LogP contribution in [0.4, 0.5) is 0 Å². The summed E-state index contributed by atoms with van der Waals surface area (Å²) in [5.41, 5.74) is 2.40. The molecule has 1 nitrogen and oxygen atoms in total. The molecule has 1 saturated carbocycles. The first-order chi connectivity index (χ1) is 10.3. The first kappa shape index (κ1) is 15.2. The lowest BCUT2D eigenvalue weighted by Crippen LogP contribution is -2.01. The number of halogens is 1. The first-order valence-electron chi connectivity index (χ1n) is 7.98. The van der Waals surface area contributed by atoms with Crippen molar-refractivity contribution in [2.45, 2.75) is 57.8 Å². The third-order valence-electron chi connectivity index (χ3n) is 4.40. The minimum absolute atomic E-state index is 0.685. The van der Waals surface area contributed by atoms with Crippen LogP contribution in [-0.2, 0) is 0 Å². The summed E-state index contributed by atoms with van der Waals surface area (Å²) in [6, 6.07) is 8.41. The summed E-state index contributed by atoms with van der Waals surface area (Å²) >= 11 is 5.57. The van der Waals surface area contributed by atoms with Gasteiger partial charge in [0.15, 0.2) is 0 Å². The third kappa shape index (κ3) is 3.57. The largest absolute Gasteiger partial charge is 0.241 e. The maximum atomic E-state index is 5.03. The maximum absolute atomic E-state index is 5.03. The summed E-state index contributed by atoms with van der Waals surface area (Å²) in [7, 11) is 0. The van der Waals surface area contributed by atoms with Crippen LogP contribution in [0, 0.1) is 6.92 Å². The molecule has 0 radical (unpaired) electrons. The number of hydrogen-bond donors (Lipinski definition) is 0. The molecule has 0 N–H and O–H groups in total. The third-order valence-corrected chi connectivity index (χ3v) is 6.22. The molecule has 112 valence electrons. The molecule has 1 aliphatic rings. The van der Waals surface area contributed by atoms with Gasteiger partial charge >= 0.3 is 0 Å². The first-order valence-corrected chi connectivity index (χ1v) is 9.59. The normalized spacial score (nSPS) is 17.4. The highest BCUT2D eigenvalue weighted by Gasteiger charge is 2.20. The molecule has 0 unspecified atom stereocenters. The Kier molecular flexibility index (Phi) is 5.12. The molecule has 3 heteroatoms. The van der Waals surface area contributed by atoms with E-state index < -0.39 is 0 Å². The molecule has 1 aromatic carbocycles. The summed E-state index contributed by atoms with van der Waals surface area (Å²) < 4.78 is 1.14. The van der Waals surface area contributed by atoms with Crippen LogP contribution in [0.3, 0.4) is 0 Å². The smallest absolute Gasteiger partial charge is 0.0966 e. The van der Waals surface area contributed by atoms with Crippen molar-refractivity contribution >= 4 is 27.3 Å². The van der Waals surface area contributed by atoms with Crippen molar-refractivity contribution in [3.63, 3.8) is 0 Å². The number of aromatic nitrogens is 1. The Morgan fingerprint density at radius 3 is 2.43 bits per heavy atom. The number of nitrogens with zero attached hydrogens (tertiary/aromatic N) is 1. The van der Waals surface area contributed by atoms with E-state index in [1.54, 1.807) is 0 Å². The molecule has 2 aromatic rings. The van der Waals surface area contributed by atoms with E-state index in [1.165, 1.54) is 66.1 Å². The fraction of sp³-hybridized carbons (Fsp3) is 0.500. The zero-order valence-electron chi connectivity index (χ0n) is 12.6. The highest BCUT2D eigenvalue weighted by atomic mass is 79.9. The van der Waals surface area contributed by atoms with Crippen LogP contribution >= 0.6 is 27.3 Å². The molecule has 1 aromatic heterocycles. The van der Waals surface area contributed by atoms with Crippen LogP contribution in [0.1, 0.15) is 60.7 Å². The predicted octanol–water partition coefficient (Wildman–Crippen LogP) is 6.71. The van der Waals surface area contributed by atoms with E-state index in [9.17, 15) is 0 Å². The molecule has 21 heavy (non-hydrogen) atoms. The molecule has 0 saturated heterocycles. The van der Waals surface area contributed by atoms with Crippen molar-refractivity contribution < 1.29 is 0 Å². The van der Waals surface area contributed by atoms with Crippen LogP contribution in [-0.4, -0.2) is 4.98 Å². The fourth-order valence-electron chi connectivity index (χ4n) is 3.20. The summed E-state index contributed by atoms with van der Waals surface area (Å²) in [5, 5.41) is 1.36. The topological polar surface area (TPSA) is 12.9 Å². The summed E-state index contributed by atoms with van der Waals surface area (Å²) in [6.07, 6.45) is 9.60. The van der Waals surface area contributed by atoms with Gasteiger partial charge in [-0.2, -0.15) is 0 Å². The van der Waals surface area contributed by atoms with Crippen molar-refractivity contribution in [3.8, 4) is 11.3 Å². The van der Waals surface area contributed by atoms with E-state index in [0.29, 0.717) is 5.92 Å². The van der Waals surface area contributed by atoms with Crippen LogP contribution in [0.5, 0.6) is 0 Å². The molecule has 0 amide bonds. The lowest BCUT2D eigenvalue weighted by Gasteiger charge is -2.17. The van der Waals surface area contributed by atoms with Crippen LogP contribution < -0.4 is 0 Å². The Balaban J connectivity index is 1.88. The number of rotatable bonds is 2. The standard InChI is InChI=1S/C18H22BrNS/c1-13-17(15-11-7-8-12-16(15)19)20-18(21-13)14-9-5-3-2-4-6-10-14/h7-8,11-12,14H,2-6,9-10H2,1H3. The van der Waals surface area contributed by atoms with E-state index in [4.69, 9.17) is 4.98 Å². The molecule has 1 aliphatic carbocycles. The van der Waals surface area contributed by atoms with E-state index in [1.807, 2.05) is 11.3 Å². The van der Waals surface area contributed by atoms with Gasteiger partial charge in [-0.25, -0.2) is 4.98 Å². The van der Waals surface area contributed by atoms with Crippen molar-refractivity contribution in [2.75, 3.05) is 0 Å². The van der Waals surface area contributed by atoms with Crippen molar-refractivity contribution in [1.29, 1.82) is 0 Å². The van der Waals surface area contributed by atoms with Crippen LogP contribution in [0.25, 0.3) is 11.3 Å². The van der Waals surface area contributed by atoms with Gasteiger partial charge in [-0.3, -0.25) is 0 Å². The van der Waals surface area contributed by atoms with Gasteiger partial charge in [0.05, 0.1) is 10.7 Å². The van der Waals surface area contributed by atoms with Crippen molar-refractivity contribution in [1.82, 2.24) is 4.98 Å². The van der Waals surface area contributed by atoms with Gasteiger partial charge in [0.2, 0.25) is 0 Å². The second-order valence-electron chi connectivity index (χ2n) is 5.98. The zero-order valence-corrected chi connectivity index (χ0v) is 15.0. The lowest BCUT2D eigenvalue weighted by atomic mass is 9.92. The Hall–Kier alpha value is -0.670. The quantitative estimate of drug-likeness (QED) is 0.577. The molecule has 1 heterocycles. The van der Waals surface area contributed by atoms with Gasteiger partial charge < -0.3 is 0 Å². The van der Waals surface area contributed by atoms with E-state index in [2.05, 4.69) is 47.1 Å². The van der Waals surface area contributed by atoms with Gasteiger partial charge in [-0.1, -0.05) is 66.2 Å². The van der Waals surface area contributed by atoms with E-state index >= 15 is 0 Å². The average molecular weight is 364 g/mol. The summed E-state index contributed by atoms with van der Waals surface area (Å²) in [4.78, 5) is 6.37. The van der Waals surface area contributed by atoms with Gasteiger partial charge in [0, 0.05) is 20.8 Å². The molecule has 0 spiro atoms. The minimum atomic E-state index is 0.685. The zero-order chi connectivity index (χ0) is 14.7. The van der Waals surface area contributed by atoms with Gasteiger partial charge in [-0.15, -0.1) is 11.3 Å². The number of hydrogen-bond acceptors (Lipinski definition) is 2. The summed E-state index contributed by atoms with van der Waals surface area (Å²) in [6.45, 7) is 2.21. The van der Waals surface area contributed by atoms with Crippen LogP contribution in [0.2, 0.25) is 0 Å². The fourth-order valence-corrected chi connectivity index (χ4v) is 4.78. The predicted molar refractivity (Wildman–Crippen MR) is 95.0 cm³/mol. The van der Waals surface area contributed by atoms with E-state index in [-0.39, 0.29) is 0 Å². The molecule has 3 rings (SSSR count). The monoisotopic (exact) mass is 363 g/mol. The van der Waals surface area contributed by atoms with E-state index in [0.717, 1.165) is 4.47 Å². The molecular weight excluding hydrogens is 342 g/mol. The second-order valence-corrected chi connectivity index (χ2v) is 8.07. The highest BCUT2D eigenvalue weighted by Crippen LogP contribution is 2.38. The molecule has 0 atom stereocenters. The van der Waals surface area contributed by atoms with Gasteiger partial charge in [-0.05, 0) is 25.8 Å². The minimum Gasteiger partial charge on any atom is -0.241 e. The van der Waals surface area contributed by atoms with Crippen molar-refractivity contribution in [2.24, 2.45) is 0 Å². The lowest BCUT2D eigenvalue weighted by molar-refractivity contribution is 0.454. The molecule has 0 aliphatic heterocycles. The Labute approximate surface area is 139 Å². The SMILES string of the molecule is Cc1sc(C2CCCCCCC2)nc1-c1ccccc1Br. The van der Waals surface area contributed by atoms with Gasteiger partial charge in [0.25, 0.3) is 0 Å². The Morgan fingerprint density at radius 1 is 1.05 bits per heavy atom. The van der Waals surface area contributed by atoms with Gasteiger partial charge in [0.1, 0.15) is 0 Å². The number of aryl methyl sites for hydroxylation is 1. The Bertz CT molecular complexity index is 597. The molecule has 0 bridgehead atoms. The second kappa shape index (κ2) is 7.06. The Morgan fingerprint density at radius 2 is 1.71 bits per heavy atom. The molecular formula is C18H22BrNS. The molecule has 1 fully saturated rings. The maximum Gasteiger partial charge on any atom is 0.0966 e. The van der Waals surface area contributed by atoms with Crippen molar-refractivity contribution in [3.05, 3.63) is 38.6 Å². The van der Waals surface area contributed by atoms with Crippen LogP contribution in [0.15, 0.2) is 28.7 Å². The average Bonchev–Trinajstić information content (AvgIpc) is 2.81.